The van der Waals surface area contributed by atoms with Gasteiger partial charge in [-0.2, -0.15) is 13.2 Å². The van der Waals surface area contributed by atoms with Gasteiger partial charge < -0.3 is 10.1 Å². The Morgan fingerprint density at radius 3 is 2.43 bits per heavy atom. The molecule has 1 aromatic rings. The maximum atomic E-state index is 13.7. The Labute approximate surface area is 121 Å². The number of hydrogen-bond acceptors (Lipinski definition) is 2. The third kappa shape index (κ3) is 3.74. The van der Waals surface area contributed by atoms with E-state index < -0.39 is 17.6 Å². The normalized spacial score (nSPS) is 18.6. The second-order valence-electron chi connectivity index (χ2n) is 5.26. The molecule has 2 nitrogen and oxygen atoms in total. The van der Waals surface area contributed by atoms with Crippen molar-refractivity contribution < 1.29 is 22.3 Å². The topological polar surface area (TPSA) is 21.3 Å². The minimum absolute atomic E-state index is 0.142. The SMILES string of the molecule is CCOC(C1CC1)C(NC)c1ccc(C(F)(F)F)c(F)c1. The fourth-order valence-electron chi connectivity index (χ4n) is 2.60. The number of rotatable bonds is 6. The predicted molar refractivity (Wildman–Crippen MR) is 71.3 cm³/mol. The zero-order chi connectivity index (χ0) is 15.6. The highest BCUT2D eigenvalue weighted by molar-refractivity contribution is 5.29. The van der Waals surface area contributed by atoms with Gasteiger partial charge in [-0.05, 0) is 50.4 Å². The summed E-state index contributed by atoms with van der Waals surface area (Å²) in [4.78, 5) is 0. The molecule has 0 radical (unpaired) electrons. The largest absolute Gasteiger partial charge is 0.419 e. The van der Waals surface area contributed by atoms with Crippen LogP contribution in [-0.2, 0) is 10.9 Å². The van der Waals surface area contributed by atoms with E-state index in [1.807, 2.05) is 6.92 Å². The highest BCUT2D eigenvalue weighted by Crippen LogP contribution is 2.40. The van der Waals surface area contributed by atoms with E-state index in [4.69, 9.17) is 4.74 Å². The molecule has 1 saturated carbocycles. The van der Waals surface area contributed by atoms with Crippen molar-refractivity contribution in [3.63, 3.8) is 0 Å². The molecule has 0 bridgehead atoms. The van der Waals surface area contributed by atoms with Gasteiger partial charge in [-0.15, -0.1) is 0 Å². The van der Waals surface area contributed by atoms with E-state index in [-0.39, 0.29) is 12.1 Å². The second kappa shape index (κ2) is 6.32. The Balaban J connectivity index is 2.27. The molecule has 21 heavy (non-hydrogen) atoms. The molecule has 0 heterocycles. The molecule has 1 aliphatic rings. The summed E-state index contributed by atoms with van der Waals surface area (Å²) >= 11 is 0. The van der Waals surface area contributed by atoms with Crippen LogP contribution in [0.2, 0.25) is 0 Å². The molecule has 0 aromatic heterocycles. The van der Waals surface area contributed by atoms with Crippen molar-refractivity contribution in [2.75, 3.05) is 13.7 Å². The maximum absolute atomic E-state index is 13.7. The highest BCUT2D eigenvalue weighted by Gasteiger charge is 2.39. The zero-order valence-electron chi connectivity index (χ0n) is 12.0. The van der Waals surface area contributed by atoms with Crippen LogP contribution in [0.4, 0.5) is 17.6 Å². The molecular formula is C15H19F4NO. The summed E-state index contributed by atoms with van der Waals surface area (Å²) in [5.41, 5.74) is -0.756. The lowest BCUT2D eigenvalue weighted by molar-refractivity contribution is -0.140. The molecule has 2 atom stereocenters. The van der Waals surface area contributed by atoms with Gasteiger partial charge >= 0.3 is 6.18 Å². The summed E-state index contributed by atoms with van der Waals surface area (Å²) in [6.07, 6.45) is -2.75. The summed E-state index contributed by atoms with van der Waals surface area (Å²) in [5, 5.41) is 3.04. The maximum Gasteiger partial charge on any atom is 0.419 e. The van der Waals surface area contributed by atoms with Crippen molar-refractivity contribution in [3.05, 3.63) is 35.1 Å². The number of halogens is 4. The number of hydrogen-bond donors (Lipinski definition) is 1. The first kappa shape index (κ1) is 16.2. The smallest absolute Gasteiger partial charge is 0.376 e. The first-order chi connectivity index (χ1) is 9.88. The number of likely N-dealkylation sites (N-methyl/N-ethyl adjacent to an activating group) is 1. The van der Waals surface area contributed by atoms with Gasteiger partial charge in [-0.3, -0.25) is 0 Å². The standard InChI is InChI=1S/C15H19F4NO/c1-3-21-14(9-4-5-9)13(20-2)10-6-7-11(12(16)8-10)15(17,18)19/h6-9,13-14,20H,3-5H2,1-2H3. The quantitative estimate of drug-likeness (QED) is 0.804. The Morgan fingerprint density at radius 2 is 2.00 bits per heavy atom. The molecular weight excluding hydrogens is 286 g/mol. The average Bonchev–Trinajstić information content (AvgIpc) is 3.21. The van der Waals surface area contributed by atoms with E-state index in [2.05, 4.69) is 5.32 Å². The third-order valence-corrected chi connectivity index (χ3v) is 3.74. The van der Waals surface area contributed by atoms with Crippen LogP contribution in [0.5, 0.6) is 0 Å². The lowest BCUT2D eigenvalue weighted by Gasteiger charge is -2.27. The fraction of sp³-hybridized carbons (Fsp3) is 0.600. The molecule has 118 valence electrons. The van der Waals surface area contributed by atoms with Crippen LogP contribution < -0.4 is 5.32 Å². The monoisotopic (exact) mass is 305 g/mol. The first-order valence-electron chi connectivity index (χ1n) is 7.04. The molecule has 0 spiro atoms. The van der Waals surface area contributed by atoms with Crippen molar-refractivity contribution in [2.45, 2.75) is 38.1 Å². The van der Waals surface area contributed by atoms with E-state index in [0.717, 1.165) is 25.0 Å². The van der Waals surface area contributed by atoms with Crippen LogP contribution in [-0.4, -0.2) is 19.8 Å². The predicted octanol–water partition coefficient (Wildman–Crippen LogP) is 3.92. The van der Waals surface area contributed by atoms with Crippen molar-refractivity contribution >= 4 is 0 Å². The zero-order valence-corrected chi connectivity index (χ0v) is 12.0. The molecule has 1 aromatic carbocycles. The van der Waals surface area contributed by atoms with Crippen molar-refractivity contribution in [1.82, 2.24) is 5.32 Å². The molecule has 0 amide bonds. The summed E-state index contributed by atoms with van der Waals surface area (Å²) in [6.45, 7) is 2.39. The van der Waals surface area contributed by atoms with Gasteiger partial charge in [0.2, 0.25) is 0 Å². The van der Waals surface area contributed by atoms with Crippen molar-refractivity contribution in [3.8, 4) is 0 Å². The fourth-order valence-corrected chi connectivity index (χ4v) is 2.60. The van der Waals surface area contributed by atoms with E-state index in [9.17, 15) is 17.6 Å². The summed E-state index contributed by atoms with van der Waals surface area (Å²) < 4.78 is 57.2. The minimum atomic E-state index is -4.67. The second-order valence-corrected chi connectivity index (χ2v) is 5.26. The van der Waals surface area contributed by atoms with Crippen LogP contribution in [0, 0.1) is 11.7 Å². The summed E-state index contributed by atoms with van der Waals surface area (Å²) in [5.74, 6) is -0.862. The van der Waals surface area contributed by atoms with Gasteiger partial charge in [0.05, 0.1) is 17.7 Å². The Bertz CT molecular complexity index is 485. The van der Waals surface area contributed by atoms with Gasteiger partial charge in [0.1, 0.15) is 5.82 Å². The molecule has 2 rings (SSSR count). The molecule has 1 aliphatic carbocycles. The average molecular weight is 305 g/mol. The minimum Gasteiger partial charge on any atom is -0.376 e. The number of ether oxygens (including phenoxy) is 1. The van der Waals surface area contributed by atoms with Crippen molar-refractivity contribution in [2.24, 2.45) is 5.92 Å². The molecule has 6 heteroatoms. The summed E-state index contributed by atoms with van der Waals surface area (Å²) in [7, 11) is 1.70. The number of alkyl halides is 3. The van der Waals surface area contributed by atoms with E-state index >= 15 is 0 Å². The number of benzene rings is 1. The molecule has 1 N–H and O–H groups in total. The van der Waals surface area contributed by atoms with Gasteiger partial charge in [0.15, 0.2) is 0 Å². The van der Waals surface area contributed by atoms with Gasteiger partial charge in [-0.25, -0.2) is 4.39 Å². The molecule has 2 unspecified atom stereocenters. The van der Waals surface area contributed by atoms with Gasteiger partial charge in [0, 0.05) is 6.61 Å². The molecule has 1 fully saturated rings. The number of nitrogens with one attached hydrogen (secondary N) is 1. The Hall–Kier alpha value is -1.14. The molecule has 0 aliphatic heterocycles. The first-order valence-corrected chi connectivity index (χ1v) is 7.04. The lowest BCUT2D eigenvalue weighted by Crippen LogP contribution is -2.33. The van der Waals surface area contributed by atoms with Crippen molar-refractivity contribution in [1.29, 1.82) is 0 Å². The third-order valence-electron chi connectivity index (χ3n) is 3.74. The van der Waals surface area contributed by atoms with E-state index in [1.54, 1.807) is 7.05 Å². The molecule has 0 saturated heterocycles. The summed E-state index contributed by atoms with van der Waals surface area (Å²) in [6, 6.07) is 2.76. The lowest BCUT2D eigenvalue weighted by atomic mass is 9.96. The Kier molecular flexibility index (Phi) is 4.88. The van der Waals surface area contributed by atoms with E-state index in [0.29, 0.717) is 18.1 Å². The van der Waals surface area contributed by atoms with Gasteiger partial charge in [0.25, 0.3) is 0 Å². The van der Waals surface area contributed by atoms with Crippen LogP contribution >= 0.6 is 0 Å². The van der Waals surface area contributed by atoms with Gasteiger partial charge in [-0.1, -0.05) is 6.07 Å². The van der Waals surface area contributed by atoms with Crippen LogP contribution in [0.1, 0.15) is 36.9 Å². The van der Waals surface area contributed by atoms with Crippen LogP contribution in [0.3, 0.4) is 0 Å². The van der Waals surface area contributed by atoms with Crippen LogP contribution in [0.25, 0.3) is 0 Å². The Morgan fingerprint density at radius 1 is 1.33 bits per heavy atom. The highest BCUT2D eigenvalue weighted by atomic mass is 19.4. The van der Waals surface area contributed by atoms with E-state index in [1.165, 1.54) is 6.07 Å². The van der Waals surface area contributed by atoms with Crippen LogP contribution in [0.15, 0.2) is 18.2 Å².